The fourth-order valence-corrected chi connectivity index (χ4v) is 2.70. The quantitative estimate of drug-likeness (QED) is 0.0325. The van der Waals surface area contributed by atoms with Crippen LogP contribution < -0.4 is 0 Å². The summed E-state index contributed by atoms with van der Waals surface area (Å²) in [4.78, 5) is 10.3. The van der Waals surface area contributed by atoms with Crippen LogP contribution in [0.25, 0.3) is 0 Å². The maximum atomic E-state index is 10.3. The Kier molecular flexibility index (Phi) is 91.3. The first-order valence-electron chi connectivity index (χ1n) is 19.9. The van der Waals surface area contributed by atoms with Gasteiger partial charge in [-0.2, -0.15) is 0 Å². The summed E-state index contributed by atoms with van der Waals surface area (Å²) in [6.07, 6.45) is 10.6. The van der Waals surface area contributed by atoms with Crippen molar-refractivity contribution in [2.24, 2.45) is 0 Å². The van der Waals surface area contributed by atoms with E-state index in [0.717, 1.165) is 12.8 Å². The third kappa shape index (κ3) is 101. The molecule has 0 rings (SSSR count). The van der Waals surface area contributed by atoms with Crippen molar-refractivity contribution in [3.8, 4) is 0 Å². The van der Waals surface area contributed by atoms with Crippen LogP contribution in [0.3, 0.4) is 0 Å². The summed E-state index contributed by atoms with van der Waals surface area (Å²) in [6.45, 7) is -2.84. The van der Waals surface area contributed by atoms with E-state index in [4.69, 9.17) is 112 Å². The topological polar surface area (TPSA) is 462 Å². The number of rotatable bonds is 28. The van der Waals surface area contributed by atoms with Crippen LogP contribution in [0.2, 0.25) is 0 Å². The molecule has 0 aliphatic rings. The van der Waals surface area contributed by atoms with Gasteiger partial charge in [-0.25, -0.2) is 0 Å². The van der Waals surface area contributed by atoms with Crippen LogP contribution in [0.5, 0.6) is 0 Å². The Morgan fingerprint density at radius 2 is 0.417 bits per heavy atom. The second-order valence-corrected chi connectivity index (χ2v) is 12.5. The molecule has 0 bridgehead atoms. The first-order valence-corrected chi connectivity index (χ1v) is 19.9. The summed E-state index contributed by atoms with van der Waals surface area (Å²) in [5, 5.41) is 177. The molecule has 22 N–H and O–H groups in total. The van der Waals surface area contributed by atoms with E-state index in [1.165, 1.54) is 70.6 Å². The molecular weight excluding hydrogens is 812 g/mol. The molecule has 0 aliphatic heterocycles. The lowest BCUT2D eigenvalue weighted by molar-refractivity contribution is -0.137. The Morgan fingerprint density at radius 3 is 0.517 bits per heavy atom. The molecule has 23 nitrogen and oxygen atoms in total. The van der Waals surface area contributed by atoms with Crippen LogP contribution in [0.1, 0.15) is 96.8 Å². The number of hydrogen-bond acceptors (Lipinski definition) is 22. The monoisotopic (exact) mass is 901 g/mol. The largest absolute Gasteiger partial charge is 0.481 e. The normalized spacial score (nSPS) is 10.2. The summed E-state index contributed by atoms with van der Waals surface area (Å²) in [5.41, 5.74) is 0. The van der Waals surface area contributed by atoms with Crippen molar-refractivity contribution in [1.29, 1.82) is 0 Å². The van der Waals surface area contributed by atoms with Crippen molar-refractivity contribution in [3.63, 3.8) is 0 Å². The van der Waals surface area contributed by atoms with Gasteiger partial charge in [0.15, 0.2) is 0 Å². The molecule has 23 heteroatoms. The Labute approximate surface area is 355 Å². The first-order chi connectivity index (χ1) is 28.4. The minimum atomic E-state index is -0.954. The highest BCUT2D eigenvalue weighted by Gasteiger charge is 1.99. The van der Waals surface area contributed by atoms with Crippen LogP contribution in [-0.4, -0.2) is 254 Å². The molecular formula is C37H88O23. The van der Waals surface area contributed by atoms with E-state index in [1.807, 2.05) is 0 Å². The smallest absolute Gasteiger partial charge is 0.303 e. The van der Waals surface area contributed by atoms with Crippen molar-refractivity contribution in [2.75, 3.05) is 92.5 Å². The number of carbonyl (C=O) groups is 1. The molecule has 60 heavy (non-hydrogen) atoms. The highest BCUT2D eigenvalue weighted by atomic mass is 16.4. The molecule has 0 fully saturated rings. The summed E-state index contributed by atoms with van der Waals surface area (Å²) >= 11 is 0. The lowest BCUT2D eigenvalue weighted by atomic mass is 10.0. The van der Waals surface area contributed by atoms with E-state index in [-0.39, 0.29) is 92.5 Å². The average molecular weight is 901 g/mol. The molecule has 374 valence electrons. The van der Waals surface area contributed by atoms with Crippen LogP contribution in [-0.2, 0) is 4.79 Å². The van der Waals surface area contributed by atoms with Crippen molar-refractivity contribution in [3.05, 3.63) is 0 Å². The Balaban J connectivity index is -0.0000000913. The van der Waals surface area contributed by atoms with Gasteiger partial charge < -0.3 is 112 Å². The van der Waals surface area contributed by atoms with Crippen molar-refractivity contribution < 1.29 is 117 Å². The van der Waals surface area contributed by atoms with E-state index >= 15 is 0 Å². The van der Waals surface area contributed by atoms with Gasteiger partial charge in [0.25, 0.3) is 0 Å². The molecule has 0 aromatic heterocycles. The Bertz CT molecular complexity index is 563. The maximum absolute atomic E-state index is 10.3. The molecule has 0 amide bonds. The summed E-state index contributed by atoms with van der Waals surface area (Å²) < 4.78 is 0. The molecule has 0 unspecified atom stereocenters. The third-order valence-corrected chi connectivity index (χ3v) is 6.44. The predicted molar refractivity (Wildman–Crippen MR) is 219 cm³/mol. The molecule has 0 radical (unpaired) electrons. The lowest BCUT2D eigenvalue weighted by Gasteiger charge is -2.02. The van der Waals surface area contributed by atoms with E-state index < -0.39 is 48.7 Å². The number of carboxylic acid groups (broad SMARTS) is 1. The second kappa shape index (κ2) is 72.1. The van der Waals surface area contributed by atoms with Gasteiger partial charge in [-0.1, -0.05) is 84.0 Å². The fourth-order valence-electron chi connectivity index (χ4n) is 2.70. The number of unbranched alkanes of at least 4 members (excludes halogenated alkanes) is 12. The molecule has 0 aromatic carbocycles. The fraction of sp³-hybridized carbons (Fsp3) is 0.973. The van der Waals surface area contributed by atoms with E-state index in [2.05, 4.69) is 6.92 Å². The minimum Gasteiger partial charge on any atom is -0.481 e. The Morgan fingerprint density at radius 1 is 0.283 bits per heavy atom. The highest BCUT2D eigenvalue weighted by molar-refractivity contribution is 5.66. The van der Waals surface area contributed by atoms with E-state index in [1.54, 1.807) is 0 Å². The number of aliphatic hydroxyl groups is 21. The van der Waals surface area contributed by atoms with Crippen LogP contribution in [0, 0.1) is 0 Å². The van der Waals surface area contributed by atoms with Crippen LogP contribution in [0.4, 0.5) is 0 Å². The summed E-state index contributed by atoms with van der Waals surface area (Å²) in [7, 11) is 0. The molecule has 0 spiro atoms. The van der Waals surface area contributed by atoms with Gasteiger partial charge in [0.2, 0.25) is 0 Å². The molecule has 0 aliphatic carbocycles. The molecule has 0 saturated carbocycles. The molecule has 0 saturated heterocycles. The van der Waals surface area contributed by atoms with Gasteiger partial charge in [0.1, 0.15) is 42.7 Å². The van der Waals surface area contributed by atoms with Gasteiger partial charge in [0, 0.05) is 6.42 Å². The maximum Gasteiger partial charge on any atom is 0.303 e. The van der Waals surface area contributed by atoms with E-state index in [9.17, 15) is 4.79 Å². The number of aliphatic hydroxyl groups excluding tert-OH is 21. The van der Waals surface area contributed by atoms with Gasteiger partial charge in [0.05, 0.1) is 92.5 Å². The van der Waals surface area contributed by atoms with Crippen LogP contribution in [0.15, 0.2) is 0 Å². The number of hydrogen-bond donors (Lipinski definition) is 22. The zero-order chi connectivity index (χ0) is 48.4. The standard InChI is InChI=1S/C16H32O2.7C3H8O3/c1-2-3-4-5-6-7-8-9-10-11-12-13-14-15-16(17)18;7*4-1-3(6)2-5/h2-15H2,1H3,(H,17,18);7*3-6H,1-2H2. The van der Waals surface area contributed by atoms with E-state index in [0.29, 0.717) is 6.42 Å². The predicted octanol–water partition coefficient (Wildman–Crippen LogP) is -6.12. The summed E-state index contributed by atoms with van der Waals surface area (Å²) in [5.74, 6) is -0.655. The van der Waals surface area contributed by atoms with Gasteiger partial charge in [-0.3, -0.25) is 4.79 Å². The zero-order valence-electron chi connectivity index (χ0n) is 35.6. The highest BCUT2D eigenvalue weighted by Crippen LogP contribution is 2.12. The molecule has 0 heterocycles. The lowest BCUT2D eigenvalue weighted by Crippen LogP contribution is -2.15. The van der Waals surface area contributed by atoms with Gasteiger partial charge in [-0.15, -0.1) is 0 Å². The molecule has 0 aromatic rings. The van der Waals surface area contributed by atoms with Gasteiger partial charge in [-0.05, 0) is 6.42 Å². The summed E-state index contributed by atoms with van der Waals surface area (Å²) in [6, 6.07) is 0. The average Bonchev–Trinajstić information content (AvgIpc) is 3.29. The SMILES string of the molecule is CCCCCCCCCCCCCCCC(=O)O.OCC(O)CO.OCC(O)CO.OCC(O)CO.OCC(O)CO.OCC(O)CO.OCC(O)CO.OCC(O)CO. The van der Waals surface area contributed by atoms with Crippen molar-refractivity contribution >= 4 is 5.97 Å². The second-order valence-electron chi connectivity index (χ2n) is 12.5. The number of aliphatic carboxylic acids is 1. The van der Waals surface area contributed by atoms with Crippen molar-refractivity contribution in [2.45, 2.75) is 140 Å². The Hall–Kier alpha value is -1.37. The third-order valence-electron chi connectivity index (χ3n) is 6.44. The van der Waals surface area contributed by atoms with Gasteiger partial charge >= 0.3 is 5.97 Å². The molecule has 0 atom stereocenters. The van der Waals surface area contributed by atoms with Crippen LogP contribution >= 0.6 is 0 Å². The number of carboxylic acids is 1. The first kappa shape index (κ1) is 76.0. The minimum absolute atomic E-state index is 0.345. The van der Waals surface area contributed by atoms with Crippen molar-refractivity contribution in [1.82, 2.24) is 0 Å². The zero-order valence-corrected chi connectivity index (χ0v) is 35.6.